The SMILES string of the molecule is CC1(C)OC[C@@H](C(=O)N2CC=C(c3c(F)cc(N4CCOC4=O)cc3F)CC2)O1. The maximum Gasteiger partial charge on any atom is 0.414 e. The Hall–Kier alpha value is -2.52. The quantitative estimate of drug-likeness (QED) is 0.769. The van der Waals surface area contributed by atoms with Crippen LogP contribution in [0.4, 0.5) is 19.3 Å². The summed E-state index contributed by atoms with van der Waals surface area (Å²) in [5.41, 5.74) is 0.485. The zero-order chi connectivity index (χ0) is 20.8. The van der Waals surface area contributed by atoms with Crippen molar-refractivity contribution in [1.29, 1.82) is 0 Å². The second-order valence-electron chi connectivity index (χ2n) is 7.63. The standard InChI is InChI=1S/C20H22F2N2O5/c1-20(2)28-11-16(29-20)18(25)23-5-3-12(4-6-23)17-14(21)9-13(10-15(17)22)24-7-8-27-19(24)26/h3,9-10,16H,4-8,11H2,1-2H3/t16-/m0/s1. The van der Waals surface area contributed by atoms with E-state index in [1.54, 1.807) is 24.8 Å². The number of hydrogen-bond acceptors (Lipinski definition) is 5. The van der Waals surface area contributed by atoms with Crippen LogP contribution in [0.15, 0.2) is 18.2 Å². The number of amides is 2. The molecular weight excluding hydrogens is 386 g/mol. The molecule has 0 unspecified atom stereocenters. The maximum atomic E-state index is 14.7. The number of rotatable bonds is 3. The third-order valence-electron chi connectivity index (χ3n) is 5.23. The van der Waals surface area contributed by atoms with E-state index in [-0.39, 0.29) is 43.5 Å². The van der Waals surface area contributed by atoms with Crippen molar-refractivity contribution in [2.24, 2.45) is 0 Å². The highest BCUT2D eigenvalue weighted by Gasteiger charge is 2.39. The smallest absolute Gasteiger partial charge is 0.414 e. The zero-order valence-corrected chi connectivity index (χ0v) is 16.2. The fourth-order valence-corrected chi connectivity index (χ4v) is 3.76. The van der Waals surface area contributed by atoms with Crippen molar-refractivity contribution in [2.45, 2.75) is 32.2 Å². The summed E-state index contributed by atoms with van der Waals surface area (Å²) in [5, 5.41) is 0. The van der Waals surface area contributed by atoms with Gasteiger partial charge in [-0.2, -0.15) is 0 Å². The first kappa shape index (κ1) is 19.8. The predicted octanol–water partition coefficient (Wildman–Crippen LogP) is 2.69. The molecule has 0 saturated carbocycles. The van der Waals surface area contributed by atoms with E-state index in [1.165, 1.54) is 4.90 Å². The molecule has 3 heterocycles. The average Bonchev–Trinajstić information content (AvgIpc) is 3.26. The van der Waals surface area contributed by atoms with E-state index >= 15 is 0 Å². The van der Waals surface area contributed by atoms with Gasteiger partial charge in [-0.25, -0.2) is 13.6 Å². The van der Waals surface area contributed by atoms with E-state index in [2.05, 4.69) is 0 Å². The van der Waals surface area contributed by atoms with Gasteiger partial charge in [-0.1, -0.05) is 6.08 Å². The molecule has 0 aromatic heterocycles. The number of carbonyl (C=O) groups is 2. The van der Waals surface area contributed by atoms with Crippen molar-refractivity contribution in [1.82, 2.24) is 4.90 Å². The van der Waals surface area contributed by atoms with Crippen LogP contribution in [0.5, 0.6) is 0 Å². The van der Waals surface area contributed by atoms with Crippen LogP contribution in [0.3, 0.4) is 0 Å². The van der Waals surface area contributed by atoms with Crippen LogP contribution in [-0.4, -0.2) is 61.6 Å². The molecule has 7 nitrogen and oxygen atoms in total. The maximum absolute atomic E-state index is 14.7. The van der Waals surface area contributed by atoms with E-state index < -0.39 is 29.6 Å². The monoisotopic (exact) mass is 408 g/mol. The summed E-state index contributed by atoms with van der Waals surface area (Å²) in [7, 11) is 0. The van der Waals surface area contributed by atoms with Crippen molar-refractivity contribution >= 4 is 23.3 Å². The number of carbonyl (C=O) groups excluding carboxylic acids is 2. The molecule has 1 aromatic carbocycles. The normalized spacial score (nSPS) is 23.9. The summed E-state index contributed by atoms with van der Waals surface area (Å²) in [6.07, 6.45) is 0.659. The molecule has 0 aliphatic carbocycles. The molecule has 1 atom stereocenters. The fourth-order valence-electron chi connectivity index (χ4n) is 3.76. The van der Waals surface area contributed by atoms with Gasteiger partial charge in [0.1, 0.15) is 18.2 Å². The first-order valence-electron chi connectivity index (χ1n) is 9.48. The predicted molar refractivity (Wildman–Crippen MR) is 99.1 cm³/mol. The summed E-state index contributed by atoms with van der Waals surface area (Å²) in [6, 6.07) is 2.27. The van der Waals surface area contributed by atoms with E-state index in [0.717, 1.165) is 12.1 Å². The van der Waals surface area contributed by atoms with Crippen LogP contribution >= 0.6 is 0 Å². The van der Waals surface area contributed by atoms with Gasteiger partial charge in [0, 0.05) is 18.7 Å². The molecule has 0 radical (unpaired) electrons. The Morgan fingerprint density at radius 1 is 1.21 bits per heavy atom. The van der Waals surface area contributed by atoms with Crippen LogP contribution in [0.2, 0.25) is 0 Å². The molecule has 0 N–H and O–H groups in total. The van der Waals surface area contributed by atoms with Crippen molar-refractivity contribution in [2.75, 3.05) is 37.7 Å². The molecule has 0 bridgehead atoms. The Balaban J connectivity index is 1.49. The number of cyclic esters (lactones) is 1. The number of benzene rings is 1. The second kappa shape index (κ2) is 7.38. The van der Waals surface area contributed by atoms with Crippen LogP contribution in [0.1, 0.15) is 25.8 Å². The number of anilines is 1. The van der Waals surface area contributed by atoms with Crippen LogP contribution < -0.4 is 4.90 Å². The van der Waals surface area contributed by atoms with Gasteiger partial charge in [-0.3, -0.25) is 9.69 Å². The summed E-state index contributed by atoms with van der Waals surface area (Å²) in [6.45, 7) is 4.66. The Kier molecular flexibility index (Phi) is 5.04. The zero-order valence-electron chi connectivity index (χ0n) is 16.2. The number of hydrogen-bond donors (Lipinski definition) is 0. The third kappa shape index (κ3) is 3.84. The first-order chi connectivity index (χ1) is 13.7. The van der Waals surface area contributed by atoms with Gasteiger partial charge >= 0.3 is 6.09 Å². The summed E-state index contributed by atoms with van der Waals surface area (Å²) in [4.78, 5) is 27.0. The molecule has 9 heteroatoms. The number of ether oxygens (including phenoxy) is 3. The lowest BCUT2D eigenvalue weighted by Crippen LogP contribution is -2.43. The molecular formula is C20H22F2N2O5. The lowest BCUT2D eigenvalue weighted by atomic mass is 9.97. The summed E-state index contributed by atoms with van der Waals surface area (Å²) < 4.78 is 45.2. The van der Waals surface area contributed by atoms with Gasteiger partial charge in [0.05, 0.1) is 18.8 Å². The number of nitrogens with zero attached hydrogens (tertiary/aromatic N) is 2. The van der Waals surface area contributed by atoms with Crippen molar-refractivity contribution in [3.63, 3.8) is 0 Å². The molecule has 3 aliphatic rings. The van der Waals surface area contributed by atoms with Gasteiger partial charge in [0.2, 0.25) is 0 Å². The van der Waals surface area contributed by atoms with Gasteiger partial charge in [0.25, 0.3) is 5.91 Å². The minimum atomic E-state index is -0.799. The molecule has 4 rings (SSSR count). The largest absolute Gasteiger partial charge is 0.447 e. The molecule has 3 aliphatic heterocycles. The third-order valence-corrected chi connectivity index (χ3v) is 5.23. The van der Waals surface area contributed by atoms with E-state index in [0.29, 0.717) is 18.5 Å². The summed E-state index contributed by atoms with van der Waals surface area (Å²) in [5.74, 6) is -2.50. The fraction of sp³-hybridized carbons (Fsp3) is 0.500. The van der Waals surface area contributed by atoms with Gasteiger partial charge in [-0.05, 0) is 38.0 Å². The molecule has 2 fully saturated rings. The highest BCUT2D eigenvalue weighted by atomic mass is 19.1. The van der Waals surface area contributed by atoms with E-state index in [1.807, 2.05) is 0 Å². The van der Waals surface area contributed by atoms with Crippen molar-refractivity contribution < 1.29 is 32.6 Å². The molecule has 1 aromatic rings. The van der Waals surface area contributed by atoms with Crippen LogP contribution in [-0.2, 0) is 19.0 Å². The van der Waals surface area contributed by atoms with E-state index in [4.69, 9.17) is 14.2 Å². The first-order valence-corrected chi connectivity index (χ1v) is 9.48. The Bertz CT molecular complexity index is 863. The van der Waals surface area contributed by atoms with Gasteiger partial charge < -0.3 is 19.1 Å². The van der Waals surface area contributed by atoms with Crippen LogP contribution in [0, 0.1) is 11.6 Å². The van der Waals surface area contributed by atoms with Crippen molar-refractivity contribution in [3.8, 4) is 0 Å². The average molecular weight is 408 g/mol. The minimum Gasteiger partial charge on any atom is -0.447 e. The highest BCUT2D eigenvalue weighted by Crippen LogP contribution is 2.32. The Morgan fingerprint density at radius 3 is 2.45 bits per heavy atom. The molecule has 29 heavy (non-hydrogen) atoms. The highest BCUT2D eigenvalue weighted by molar-refractivity contribution is 5.89. The Labute approximate surface area is 166 Å². The van der Waals surface area contributed by atoms with Gasteiger partial charge in [0.15, 0.2) is 11.9 Å². The molecule has 0 spiro atoms. The second-order valence-corrected chi connectivity index (χ2v) is 7.63. The van der Waals surface area contributed by atoms with E-state index in [9.17, 15) is 18.4 Å². The van der Waals surface area contributed by atoms with Crippen LogP contribution in [0.25, 0.3) is 5.57 Å². The molecule has 2 amide bonds. The van der Waals surface area contributed by atoms with Gasteiger partial charge in [-0.15, -0.1) is 0 Å². The lowest BCUT2D eigenvalue weighted by Gasteiger charge is -2.29. The topological polar surface area (TPSA) is 68.3 Å². The summed E-state index contributed by atoms with van der Waals surface area (Å²) >= 11 is 0. The van der Waals surface area contributed by atoms with Crippen molar-refractivity contribution in [3.05, 3.63) is 35.4 Å². The lowest BCUT2D eigenvalue weighted by molar-refractivity contribution is -0.159. The Morgan fingerprint density at radius 2 is 1.93 bits per heavy atom. The minimum absolute atomic E-state index is 0.125. The number of halogens is 2. The molecule has 156 valence electrons. The molecule has 2 saturated heterocycles.